The number of primary amides is 1. The smallest absolute Gasteiger partial charge is 0.223 e. The predicted molar refractivity (Wildman–Crippen MR) is 67.7 cm³/mol. The SMILES string of the molecule is Cc1cc(-c2nc(CC(N)=O)cs2)cc(C)n1. The highest BCUT2D eigenvalue weighted by Gasteiger charge is 2.08. The van der Waals surface area contributed by atoms with Crippen LogP contribution in [0.15, 0.2) is 17.5 Å². The molecule has 0 unspecified atom stereocenters. The van der Waals surface area contributed by atoms with Gasteiger partial charge in [-0.1, -0.05) is 0 Å². The van der Waals surface area contributed by atoms with Crippen LogP contribution in [0.5, 0.6) is 0 Å². The second kappa shape index (κ2) is 4.63. The summed E-state index contributed by atoms with van der Waals surface area (Å²) in [5, 5.41) is 2.76. The van der Waals surface area contributed by atoms with Gasteiger partial charge < -0.3 is 5.73 Å². The molecule has 0 aliphatic heterocycles. The second-order valence-electron chi connectivity index (χ2n) is 3.93. The van der Waals surface area contributed by atoms with E-state index in [9.17, 15) is 4.79 Å². The van der Waals surface area contributed by atoms with Crippen LogP contribution in [0.1, 0.15) is 17.1 Å². The molecule has 0 aliphatic carbocycles. The summed E-state index contributed by atoms with van der Waals surface area (Å²) in [6.07, 6.45) is 0.194. The zero-order valence-electron chi connectivity index (χ0n) is 9.73. The van der Waals surface area contributed by atoms with Crippen molar-refractivity contribution >= 4 is 17.2 Å². The molecule has 1 amide bonds. The van der Waals surface area contributed by atoms with Gasteiger partial charge in [0.15, 0.2) is 0 Å². The van der Waals surface area contributed by atoms with Crippen LogP contribution < -0.4 is 5.73 Å². The van der Waals surface area contributed by atoms with Gasteiger partial charge in [-0.05, 0) is 26.0 Å². The molecule has 5 heteroatoms. The lowest BCUT2D eigenvalue weighted by atomic mass is 10.2. The van der Waals surface area contributed by atoms with Crippen LogP contribution >= 0.6 is 11.3 Å². The second-order valence-corrected chi connectivity index (χ2v) is 4.78. The number of rotatable bonds is 3. The van der Waals surface area contributed by atoms with Crippen molar-refractivity contribution in [1.82, 2.24) is 9.97 Å². The Morgan fingerprint density at radius 2 is 1.94 bits per heavy atom. The van der Waals surface area contributed by atoms with E-state index in [0.29, 0.717) is 0 Å². The van der Waals surface area contributed by atoms with Crippen LogP contribution in [0.25, 0.3) is 10.6 Å². The molecule has 0 aromatic carbocycles. The standard InChI is InChI=1S/C12H13N3OS/c1-7-3-9(4-8(2)14-7)12-15-10(6-17-12)5-11(13)16/h3-4,6H,5H2,1-2H3,(H2,13,16). The summed E-state index contributed by atoms with van der Waals surface area (Å²) in [5.41, 5.74) is 8.83. The quantitative estimate of drug-likeness (QED) is 0.900. The molecule has 4 nitrogen and oxygen atoms in total. The average molecular weight is 247 g/mol. The summed E-state index contributed by atoms with van der Waals surface area (Å²) in [4.78, 5) is 19.5. The molecule has 0 saturated carbocycles. The molecular weight excluding hydrogens is 234 g/mol. The van der Waals surface area contributed by atoms with Gasteiger partial charge in [-0.3, -0.25) is 9.78 Å². The van der Waals surface area contributed by atoms with Gasteiger partial charge in [-0.25, -0.2) is 4.98 Å². The minimum atomic E-state index is -0.357. The molecule has 2 aromatic heterocycles. The minimum Gasteiger partial charge on any atom is -0.369 e. The number of nitrogens with two attached hydrogens (primary N) is 1. The number of thiazole rings is 1. The van der Waals surface area contributed by atoms with E-state index in [2.05, 4.69) is 9.97 Å². The van der Waals surface area contributed by atoms with Crippen molar-refractivity contribution in [2.24, 2.45) is 5.73 Å². The summed E-state index contributed by atoms with van der Waals surface area (Å²) >= 11 is 1.52. The molecule has 0 fully saturated rings. The fraction of sp³-hybridized carbons (Fsp3) is 0.250. The Morgan fingerprint density at radius 1 is 1.29 bits per heavy atom. The number of aromatic nitrogens is 2. The maximum absolute atomic E-state index is 10.8. The summed E-state index contributed by atoms with van der Waals surface area (Å²) in [6.45, 7) is 3.91. The molecule has 0 aliphatic rings. The van der Waals surface area contributed by atoms with Gasteiger partial charge in [0.1, 0.15) is 5.01 Å². The summed E-state index contributed by atoms with van der Waals surface area (Å²) in [5.74, 6) is -0.357. The van der Waals surface area contributed by atoms with Crippen molar-refractivity contribution < 1.29 is 4.79 Å². The van der Waals surface area contributed by atoms with E-state index in [1.54, 1.807) is 0 Å². The Balaban J connectivity index is 2.33. The summed E-state index contributed by atoms with van der Waals surface area (Å²) in [6, 6.07) is 3.97. The van der Waals surface area contributed by atoms with Crippen molar-refractivity contribution in [3.63, 3.8) is 0 Å². The number of pyridine rings is 1. The lowest BCUT2D eigenvalue weighted by Crippen LogP contribution is -2.13. The summed E-state index contributed by atoms with van der Waals surface area (Å²) in [7, 11) is 0. The van der Waals surface area contributed by atoms with E-state index in [0.717, 1.165) is 27.7 Å². The van der Waals surface area contributed by atoms with Gasteiger partial charge in [0.25, 0.3) is 0 Å². The van der Waals surface area contributed by atoms with Crippen molar-refractivity contribution in [1.29, 1.82) is 0 Å². The Hall–Kier alpha value is -1.75. The Kier molecular flexibility index (Phi) is 3.19. The zero-order valence-corrected chi connectivity index (χ0v) is 10.5. The van der Waals surface area contributed by atoms with Gasteiger partial charge in [0, 0.05) is 22.3 Å². The molecule has 2 heterocycles. The maximum Gasteiger partial charge on any atom is 0.223 e. The first-order valence-electron chi connectivity index (χ1n) is 5.23. The number of hydrogen-bond donors (Lipinski definition) is 1. The molecule has 0 radical (unpaired) electrons. The highest BCUT2D eigenvalue weighted by molar-refractivity contribution is 7.13. The maximum atomic E-state index is 10.8. The number of carbonyl (C=O) groups is 1. The predicted octanol–water partition coefficient (Wildman–Crippen LogP) is 1.85. The molecule has 0 atom stereocenters. The third kappa shape index (κ3) is 2.88. The molecule has 0 bridgehead atoms. The van der Waals surface area contributed by atoms with Crippen molar-refractivity contribution in [2.45, 2.75) is 20.3 Å². The van der Waals surface area contributed by atoms with E-state index in [4.69, 9.17) is 5.73 Å². The Labute approximate surface area is 104 Å². The van der Waals surface area contributed by atoms with E-state index in [1.165, 1.54) is 11.3 Å². The van der Waals surface area contributed by atoms with Crippen LogP contribution in [0, 0.1) is 13.8 Å². The normalized spacial score (nSPS) is 10.5. The van der Waals surface area contributed by atoms with Gasteiger partial charge in [-0.2, -0.15) is 0 Å². The number of hydrogen-bond acceptors (Lipinski definition) is 4. The molecule has 2 N–H and O–H groups in total. The monoisotopic (exact) mass is 247 g/mol. The number of carbonyl (C=O) groups excluding carboxylic acids is 1. The number of amides is 1. The lowest BCUT2D eigenvalue weighted by molar-refractivity contribution is -0.117. The van der Waals surface area contributed by atoms with Gasteiger partial charge in [0.05, 0.1) is 12.1 Å². The van der Waals surface area contributed by atoms with E-state index in [-0.39, 0.29) is 12.3 Å². The van der Waals surface area contributed by atoms with Crippen LogP contribution in [-0.2, 0) is 11.2 Å². The Bertz CT molecular complexity index is 542. The number of aryl methyl sites for hydroxylation is 2. The van der Waals surface area contributed by atoms with Crippen molar-refractivity contribution in [3.8, 4) is 10.6 Å². The highest BCUT2D eigenvalue weighted by atomic mass is 32.1. The molecule has 2 rings (SSSR count). The van der Waals surface area contributed by atoms with Crippen LogP contribution in [-0.4, -0.2) is 15.9 Å². The third-order valence-corrected chi connectivity index (χ3v) is 3.18. The van der Waals surface area contributed by atoms with Crippen molar-refractivity contribution in [3.05, 3.63) is 34.6 Å². The average Bonchev–Trinajstić information content (AvgIpc) is 2.63. The van der Waals surface area contributed by atoms with Crippen LogP contribution in [0.2, 0.25) is 0 Å². The number of nitrogens with zero attached hydrogens (tertiary/aromatic N) is 2. The minimum absolute atomic E-state index is 0.194. The Morgan fingerprint density at radius 3 is 2.53 bits per heavy atom. The fourth-order valence-electron chi connectivity index (χ4n) is 1.66. The summed E-state index contributed by atoms with van der Waals surface area (Å²) < 4.78 is 0. The molecule has 17 heavy (non-hydrogen) atoms. The topological polar surface area (TPSA) is 68.9 Å². The largest absolute Gasteiger partial charge is 0.369 e. The molecule has 2 aromatic rings. The van der Waals surface area contributed by atoms with Crippen LogP contribution in [0.4, 0.5) is 0 Å². The van der Waals surface area contributed by atoms with Gasteiger partial charge >= 0.3 is 0 Å². The third-order valence-electron chi connectivity index (χ3n) is 2.24. The van der Waals surface area contributed by atoms with E-state index < -0.39 is 0 Å². The first-order chi connectivity index (χ1) is 8.04. The van der Waals surface area contributed by atoms with Gasteiger partial charge in [-0.15, -0.1) is 11.3 Å². The highest BCUT2D eigenvalue weighted by Crippen LogP contribution is 2.24. The first-order valence-corrected chi connectivity index (χ1v) is 6.11. The fourth-order valence-corrected chi connectivity index (χ4v) is 2.46. The van der Waals surface area contributed by atoms with Crippen molar-refractivity contribution in [2.75, 3.05) is 0 Å². The molecule has 0 spiro atoms. The van der Waals surface area contributed by atoms with E-state index in [1.807, 2.05) is 31.4 Å². The zero-order chi connectivity index (χ0) is 12.4. The lowest BCUT2D eigenvalue weighted by Gasteiger charge is -2.00. The molecule has 88 valence electrons. The molecule has 0 saturated heterocycles. The molecular formula is C12H13N3OS. The van der Waals surface area contributed by atoms with Gasteiger partial charge in [0.2, 0.25) is 5.91 Å². The first kappa shape index (κ1) is 11.7. The van der Waals surface area contributed by atoms with Crippen LogP contribution in [0.3, 0.4) is 0 Å². The van der Waals surface area contributed by atoms with E-state index >= 15 is 0 Å².